The van der Waals surface area contributed by atoms with E-state index in [9.17, 15) is 13.2 Å². The number of fused-ring (bicyclic) bond motifs is 2. The van der Waals surface area contributed by atoms with E-state index in [-0.39, 0.29) is 11.9 Å². The standard InChI is InChI=1S/C25H25F3N4O3/c1-32-9-7-15(8-10-32)14-34-17-3-5-19-21(13-17)30-24(33-2)31-23(19)35-18-4-6-20-16(11-18)12-22(29-20)25(26,27)28/h3-6,11-13,15,29H,7-10,14H2,1-2H3. The fraction of sp³-hybridized carbons (Fsp3) is 0.360. The highest BCUT2D eigenvalue weighted by Crippen LogP contribution is 2.35. The second kappa shape index (κ2) is 9.26. The molecule has 1 aliphatic rings. The van der Waals surface area contributed by atoms with Crippen LogP contribution in [0.5, 0.6) is 23.4 Å². The van der Waals surface area contributed by atoms with Crippen LogP contribution in [0, 0.1) is 5.92 Å². The van der Waals surface area contributed by atoms with Gasteiger partial charge in [0.1, 0.15) is 17.2 Å². The molecule has 1 aliphatic heterocycles. The van der Waals surface area contributed by atoms with Gasteiger partial charge in [0.15, 0.2) is 0 Å². The van der Waals surface area contributed by atoms with Crippen molar-refractivity contribution >= 4 is 21.8 Å². The first-order valence-electron chi connectivity index (χ1n) is 11.3. The smallest absolute Gasteiger partial charge is 0.431 e. The lowest BCUT2D eigenvalue weighted by molar-refractivity contribution is -0.140. The van der Waals surface area contributed by atoms with E-state index in [1.54, 1.807) is 6.07 Å². The van der Waals surface area contributed by atoms with E-state index in [0.717, 1.165) is 32.0 Å². The van der Waals surface area contributed by atoms with Gasteiger partial charge in [0.2, 0.25) is 5.88 Å². The summed E-state index contributed by atoms with van der Waals surface area (Å²) < 4.78 is 56.4. The van der Waals surface area contributed by atoms with E-state index in [1.165, 1.54) is 19.2 Å². The van der Waals surface area contributed by atoms with Gasteiger partial charge in [-0.3, -0.25) is 0 Å². The van der Waals surface area contributed by atoms with Crippen LogP contribution in [-0.2, 0) is 6.18 Å². The SMILES string of the molecule is COc1nc(Oc2ccc3[nH]c(C(F)(F)F)cc3c2)c2ccc(OCC3CCN(C)CC3)cc2n1. The van der Waals surface area contributed by atoms with Gasteiger partial charge in [-0.05, 0) is 75.3 Å². The van der Waals surface area contributed by atoms with Crippen molar-refractivity contribution in [1.29, 1.82) is 0 Å². The molecule has 5 rings (SSSR count). The molecule has 0 bridgehead atoms. The van der Waals surface area contributed by atoms with Crippen LogP contribution >= 0.6 is 0 Å². The summed E-state index contributed by atoms with van der Waals surface area (Å²) in [6, 6.07) is 11.3. The molecule has 7 nitrogen and oxygen atoms in total. The third kappa shape index (κ3) is 5.12. The summed E-state index contributed by atoms with van der Waals surface area (Å²) in [6.45, 7) is 2.79. The molecule has 0 atom stereocenters. The van der Waals surface area contributed by atoms with Gasteiger partial charge >= 0.3 is 12.2 Å². The molecule has 4 aromatic rings. The fourth-order valence-electron chi connectivity index (χ4n) is 4.20. The first-order chi connectivity index (χ1) is 16.8. The first kappa shape index (κ1) is 23.2. The van der Waals surface area contributed by atoms with E-state index in [1.807, 2.05) is 18.2 Å². The number of aromatic amines is 1. The summed E-state index contributed by atoms with van der Waals surface area (Å²) in [5.41, 5.74) is 0.127. The van der Waals surface area contributed by atoms with E-state index in [0.29, 0.717) is 45.8 Å². The molecule has 1 N–H and O–H groups in total. The summed E-state index contributed by atoms with van der Waals surface area (Å²) in [7, 11) is 3.58. The molecule has 0 saturated carbocycles. The van der Waals surface area contributed by atoms with Crippen molar-refractivity contribution < 1.29 is 27.4 Å². The molecule has 0 radical (unpaired) electrons. The van der Waals surface area contributed by atoms with Gasteiger partial charge in [0.05, 0.1) is 24.6 Å². The quantitative estimate of drug-likeness (QED) is 0.380. The molecule has 1 fully saturated rings. The number of methoxy groups -OCH3 is 1. The Labute approximate surface area is 199 Å². The summed E-state index contributed by atoms with van der Waals surface area (Å²) in [6.07, 6.45) is -2.24. The number of nitrogens with zero attached hydrogens (tertiary/aromatic N) is 3. The Morgan fingerprint density at radius 1 is 1.03 bits per heavy atom. The molecule has 184 valence electrons. The monoisotopic (exact) mass is 486 g/mol. The van der Waals surface area contributed by atoms with Gasteiger partial charge in [-0.25, -0.2) is 0 Å². The van der Waals surface area contributed by atoms with Gasteiger partial charge in [-0.15, -0.1) is 0 Å². The van der Waals surface area contributed by atoms with Crippen LogP contribution in [-0.4, -0.2) is 53.7 Å². The van der Waals surface area contributed by atoms with Crippen LogP contribution in [0.15, 0.2) is 42.5 Å². The highest BCUT2D eigenvalue weighted by Gasteiger charge is 2.32. The number of hydrogen-bond acceptors (Lipinski definition) is 6. The highest BCUT2D eigenvalue weighted by atomic mass is 19.4. The minimum Gasteiger partial charge on any atom is -0.493 e. The number of rotatable bonds is 6. The summed E-state index contributed by atoms with van der Waals surface area (Å²) >= 11 is 0. The van der Waals surface area contributed by atoms with Crippen LogP contribution < -0.4 is 14.2 Å². The Bertz CT molecular complexity index is 1350. The molecule has 10 heteroatoms. The Kier molecular flexibility index (Phi) is 6.14. The maximum absolute atomic E-state index is 13.0. The normalized spacial score (nSPS) is 15.6. The van der Waals surface area contributed by atoms with Crippen molar-refractivity contribution in [2.75, 3.05) is 33.9 Å². The van der Waals surface area contributed by atoms with E-state index in [2.05, 4.69) is 26.9 Å². The number of likely N-dealkylation sites (tertiary alicyclic amines) is 1. The number of ether oxygens (including phenoxy) is 3. The zero-order valence-corrected chi connectivity index (χ0v) is 19.4. The second-order valence-electron chi connectivity index (χ2n) is 8.78. The van der Waals surface area contributed by atoms with Crippen LogP contribution in [0.2, 0.25) is 0 Å². The maximum Gasteiger partial charge on any atom is 0.431 e. The number of aromatic nitrogens is 3. The van der Waals surface area contributed by atoms with Crippen LogP contribution in [0.4, 0.5) is 13.2 Å². The minimum absolute atomic E-state index is 0.113. The number of benzene rings is 2. The Hall–Kier alpha value is -3.53. The largest absolute Gasteiger partial charge is 0.493 e. The van der Waals surface area contributed by atoms with Crippen LogP contribution in [0.3, 0.4) is 0 Å². The molecular weight excluding hydrogens is 461 g/mol. The number of nitrogens with one attached hydrogen (secondary N) is 1. The summed E-state index contributed by atoms with van der Waals surface area (Å²) in [5, 5.41) is 1.01. The first-order valence-corrected chi connectivity index (χ1v) is 11.3. The van der Waals surface area contributed by atoms with Gasteiger partial charge in [0.25, 0.3) is 0 Å². The molecule has 3 heterocycles. The van der Waals surface area contributed by atoms with Crippen molar-refractivity contribution in [3.05, 3.63) is 48.2 Å². The molecule has 0 spiro atoms. The predicted molar refractivity (Wildman–Crippen MR) is 125 cm³/mol. The second-order valence-corrected chi connectivity index (χ2v) is 8.78. The average molecular weight is 486 g/mol. The predicted octanol–water partition coefficient (Wildman–Crippen LogP) is 5.65. The summed E-state index contributed by atoms with van der Waals surface area (Å²) in [5.74, 6) is 1.79. The molecule has 35 heavy (non-hydrogen) atoms. The van der Waals surface area contributed by atoms with Gasteiger partial charge < -0.3 is 24.1 Å². The lowest BCUT2D eigenvalue weighted by Gasteiger charge is -2.28. The zero-order chi connectivity index (χ0) is 24.6. The van der Waals surface area contributed by atoms with Crippen molar-refractivity contribution in [2.45, 2.75) is 19.0 Å². The Morgan fingerprint density at radius 3 is 2.54 bits per heavy atom. The van der Waals surface area contributed by atoms with Gasteiger partial charge in [-0.2, -0.15) is 23.1 Å². The average Bonchev–Trinajstić information content (AvgIpc) is 3.27. The van der Waals surface area contributed by atoms with E-state index >= 15 is 0 Å². The lowest BCUT2D eigenvalue weighted by atomic mass is 9.98. The number of H-pyrrole nitrogens is 1. The third-order valence-electron chi connectivity index (χ3n) is 6.23. The minimum atomic E-state index is -4.45. The maximum atomic E-state index is 13.0. The highest BCUT2D eigenvalue weighted by molar-refractivity contribution is 5.86. The zero-order valence-electron chi connectivity index (χ0n) is 19.4. The number of hydrogen-bond donors (Lipinski definition) is 1. The van der Waals surface area contributed by atoms with E-state index < -0.39 is 11.9 Å². The Morgan fingerprint density at radius 2 is 1.80 bits per heavy atom. The van der Waals surface area contributed by atoms with Crippen molar-refractivity contribution in [2.24, 2.45) is 5.92 Å². The molecule has 2 aromatic carbocycles. The number of piperidine rings is 1. The van der Waals surface area contributed by atoms with Gasteiger partial charge in [0, 0.05) is 17.0 Å². The molecule has 0 amide bonds. The number of alkyl halides is 3. The van der Waals surface area contributed by atoms with Crippen LogP contribution in [0.1, 0.15) is 18.5 Å². The third-order valence-corrected chi connectivity index (χ3v) is 6.23. The molecule has 0 unspecified atom stereocenters. The van der Waals surface area contributed by atoms with E-state index in [4.69, 9.17) is 14.2 Å². The molecule has 2 aromatic heterocycles. The van der Waals surface area contributed by atoms with Crippen LogP contribution in [0.25, 0.3) is 21.8 Å². The summed E-state index contributed by atoms with van der Waals surface area (Å²) in [4.78, 5) is 13.4. The molecular formula is C25H25F3N4O3. The van der Waals surface area contributed by atoms with Gasteiger partial charge in [-0.1, -0.05) is 0 Å². The van der Waals surface area contributed by atoms with Crippen molar-refractivity contribution in [1.82, 2.24) is 19.9 Å². The number of halogens is 3. The van der Waals surface area contributed by atoms with Crippen molar-refractivity contribution in [3.63, 3.8) is 0 Å². The molecule has 0 aliphatic carbocycles. The van der Waals surface area contributed by atoms with Crippen molar-refractivity contribution in [3.8, 4) is 23.4 Å². The topological polar surface area (TPSA) is 72.5 Å². The fourth-order valence-corrected chi connectivity index (χ4v) is 4.20. The molecule has 1 saturated heterocycles. The lowest BCUT2D eigenvalue weighted by Crippen LogP contribution is -2.32. The Balaban J connectivity index is 1.39.